The van der Waals surface area contributed by atoms with Gasteiger partial charge in [-0.25, -0.2) is 14.8 Å². The summed E-state index contributed by atoms with van der Waals surface area (Å²) in [6, 6.07) is 9.72. The van der Waals surface area contributed by atoms with Crippen molar-refractivity contribution in [3.63, 3.8) is 0 Å². The van der Waals surface area contributed by atoms with E-state index >= 15 is 0 Å². The van der Waals surface area contributed by atoms with Crippen LogP contribution in [0.25, 0.3) is 0 Å². The molecule has 1 fully saturated rings. The van der Waals surface area contributed by atoms with Crippen LogP contribution in [0.5, 0.6) is 0 Å². The first-order chi connectivity index (χ1) is 36.2. The number of carbonyl (C=O) groups excluding carboxylic acids is 6. The van der Waals surface area contributed by atoms with Crippen LogP contribution < -0.4 is 31.9 Å². The molecule has 9 N–H and O–H groups in total. The third-order valence-electron chi connectivity index (χ3n) is 13.3. The van der Waals surface area contributed by atoms with E-state index in [1.54, 1.807) is 56.4 Å². The molecule has 0 bridgehead atoms. The van der Waals surface area contributed by atoms with Gasteiger partial charge < -0.3 is 61.3 Å². The molecule has 21 nitrogen and oxygen atoms in total. The maximum Gasteiger partial charge on any atom is 0.408 e. The van der Waals surface area contributed by atoms with Gasteiger partial charge in [0.15, 0.2) is 0 Å². The van der Waals surface area contributed by atoms with Gasteiger partial charge in [0.2, 0.25) is 29.5 Å². The first kappa shape index (κ1) is 60.2. The summed E-state index contributed by atoms with van der Waals surface area (Å²) in [5, 5.41) is 29.6. The highest BCUT2D eigenvalue weighted by molar-refractivity contribution is 5.91. The van der Waals surface area contributed by atoms with Crippen molar-refractivity contribution < 1.29 is 43.3 Å². The monoisotopic (exact) mass is 1050 g/mol. The fourth-order valence-corrected chi connectivity index (χ4v) is 9.00. The topological polar surface area (TPSA) is 287 Å². The predicted molar refractivity (Wildman–Crippen MR) is 286 cm³/mol. The van der Waals surface area contributed by atoms with Gasteiger partial charge in [-0.2, -0.15) is 0 Å². The Morgan fingerprint density at radius 1 is 0.789 bits per heavy atom. The van der Waals surface area contributed by atoms with Gasteiger partial charge in [0.1, 0.15) is 29.8 Å². The van der Waals surface area contributed by atoms with E-state index in [2.05, 4.69) is 56.8 Å². The first-order valence-corrected chi connectivity index (χ1v) is 26.6. The van der Waals surface area contributed by atoms with E-state index in [9.17, 15) is 33.9 Å². The van der Waals surface area contributed by atoms with Crippen LogP contribution in [0.15, 0.2) is 79.8 Å². The largest absolute Gasteiger partial charge is 0.444 e. The highest BCUT2D eigenvalue weighted by atomic mass is 16.6. The number of alkyl carbamates (subject to hydrolysis) is 1. The SMILES string of the molecule is CC[C@H](C)[C@H](NC(=O)[C@@H](NCC(O)[C@H](CC(C)C)NC(=O)[C@H](Cc1cnc[nH]1)NC(=O)[C@H](Cc1ccccc1)OC[C@@H]1CCCN1C(=O)[C@H](Cc1cnc[nH]1)NC(=O)OC(C)(C)C)C(C)C)C(=O)NCc1ccccn1. The van der Waals surface area contributed by atoms with E-state index in [-0.39, 0.29) is 68.5 Å². The molecule has 4 aromatic rings. The van der Waals surface area contributed by atoms with Crippen LogP contribution in [0.1, 0.15) is 111 Å². The molecule has 1 aliphatic rings. The van der Waals surface area contributed by atoms with Crippen molar-refractivity contribution in [3.8, 4) is 0 Å². The third kappa shape index (κ3) is 19.5. The molecule has 0 spiro atoms. The Morgan fingerprint density at radius 2 is 1.46 bits per heavy atom. The molecular formula is C55H82N12O9. The third-order valence-corrected chi connectivity index (χ3v) is 13.3. The Hall–Kier alpha value is -6.71. The quantitative estimate of drug-likeness (QED) is 0.0376. The number of amides is 6. The summed E-state index contributed by atoms with van der Waals surface area (Å²) in [6.45, 7) is 17.2. The second kappa shape index (κ2) is 29.6. The van der Waals surface area contributed by atoms with Crippen LogP contribution in [0.4, 0.5) is 4.79 Å². The minimum absolute atomic E-state index is 0.0141. The fraction of sp³-hybridized carbons (Fsp3) is 0.582. The Balaban J connectivity index is 1.29. The number of pyridine rings is 1. The van der Waals surface area contributed by atoms with Crippen LogP contribution in [0.3, 0.4) is 0 Å². The fourth-order valence-electron chi connectivity index (χ4n) is 9.00. The number of imidazole rings is 2. The number of likely N-dealkylation sites (tertiary alicyclic amines) is 1. The van der Waals surface area contributed by atoms with Crippen molar-refractivity contribution in [2.24, 2.45) is 17.8 Å². The lowest BCUT2D eigenvalue weighted by molar-refractivity contribution is -0.140. The van der Waals surface area contributed by atoms with Crippen LogP contribution >= 0.6 is 0 Å². The van der Waals surface area contributed by atoms with Gasteiger partial charge in [-0.15, -0.1) is 0 Å². The van der Waals surface area contributed by atoms with Crippen molar-refractivity contribution in [2.45, 2.75) is 168 Å². The van der Waals surface area contributed by atoms with Gasteiger partial charge in [-0.3, -0.25) is 29.0 Å². The number of aromatic nitrogens is 5. The Bertz CT molecular complexity index is 2400. The number of nitrogens with one attached hydrogen (secondary N) is 8. The average Bonchev–Trinajstić information content (AvgIpc) is 4.20. The van der Waals surface area contributed by atoms with Crippen LogP contribution in [0.2, 0.25) is 0 Å². The summed E-state index contributed by atoms with van der Waals surface area (Å²) in [5.41, 5.74) is 1.90. The molecule has 1 aromatic carbocycles. The second-order valence-corrected chi connectivity index (χ2v) is 21.5. The smallest absolute Gasteiger partial charge is 0.408 e. The number of aromatic amines is 2. The molecule has 1 aliphatic heterocycles. The zero-order valence-electron chi connectivity index (χ0n) is 45.6. The van der Waals surface area contributed by atoms with Crippen molar-refractivity contribution in [2.75, 3.05) is 19.7 Å². The number of benzene rings is 1. The molecule has 1 unspecified atom stereocenters. The molecule has 9 atom stereocenters. The van der Waals surface area contributed by atoms with E-state index in [0.717, 1.165) is 5.56 Å². The standard InChI is InChI=1S/C55H82N12O9/c1-10-36(6)48(51(71)60-29-38-19-14-15-21-58-38)66-52(72)47(35(4)5)59-30-45(68)42(23-34(2)3)63-49(69)43(25-39-27-56-32-61-39)64-50(70)46(24-37-17-12-11-13-18-37)75-31-41-20-16-22-67(41)53(73)44(26-40-28-57-33-62-40)65-54(74)76-55(7,8)9/h11-15,17-19,21,27-28,32-36,41-48,59,68H,10,16,20,22-26,29-31H2,1-9H3,(H,56,61)(H,57,62)(H,60,71)(H,63,69)(H,64,70)(H,65,74)(H,66,72)/t36-,41-,42-,43-,44-,45?,46-,47-,48-/m0/s1. The summed E-state index contributed by atoms with van der Waals surface area (Å²) < 4.78 is 12.0. The molecule has 416 valence electrons. The summed E-state index contributed by atoms with van der Waals surface area (Å²) in [5.74, 6) is -2.63. The van der Waals surface area contributed by atoms with Gasteiger partial charge in [-0.05, 0) is 75.5 Å². The Kier molecular flexibility index (Phi) is 23.4. The molecular weight excluding hydrogens is 973 g/mol. The molecule has 1 saturated heterocycles. The number of rotatable bonds is 29. The molecule has 76 heavy (non-hydrogen) atoms. The minimum atomic E-state index is -1.18. The van der Waals surface area contributed by atoms with E-state index in [1.807, 2.05) is 77.9 Å². The summed E-state index contributed by atoms with van der Waals surface area (Å²) in [7, 11) is 0. The number of aliphatic hydroxyl groups is 1. The first-order valence-electron chi connectivity index (χ1n) is 26.6. The predicted octanol–water partition coefficient (Wildman–Crippen LogP) is 3.66. The van der Waals surface area contributed by atoms with Crippen molar-refractivity contribution >= 4 is 35.6 Å². The maximum atomic E-state index is 14.6. The minimum Gasteiger partial charge on any atom is -0.444 e. The Morgan fingerprint density at radius 3 is 2.05 bits per heavy atom. The molecule has 0 aliphatic carbocycles. The average molecular weight is 1060 g/mol. The lowest BCUT2D eigenvalue weighted by Gasteiger charge is -2.32. The zero-order valence-corrected chi connectivity index (χ0v) is 45.6. The normalized spacial score (nSPS) is 16.9. The molecule has 4 heterocycles. The number of ether oxygens (including phenoxy) is 2. The van der Waals surface area contributed by atoms with Gasteiger partial charge in [0.05, 0.1) is 55.7 Å². The van der Waals surface area contributed by atoms with Crippen molar-refractivity contribution in [1.82, 2.24) is 61.7 Å². The molecule has 0 saturated carbocycles. The molecule has 6 amide bonds. The number of carbonyl (C=O) groups is 6. The highest BCUT2D eigenvalue weighted by Crippen LogP contribution is 2.22. The number of hydrogen-bond acceptors (Lipinski definition) is 13. The van der Waals surface area contributed by atoms with Gasteiger partial charge >= 0.3 is 6.09 Å². The van der Waals surface area contributed by atoms with E-state index in [1.165, 1.54) is 12.7 Å². The van der Waals surface area contributed by atoms with Gasteiger partial charge in [-0.1, -0.05) is 84.4 Å². The van der Waals surface area contributed by atoms with Gasteiger partial charge in [0.25, 0.3) is 0 Å². The summed E-state index contributed by atoms with van der Waals surface area (Å²) >= 11 is 0. The number of H-pyrrole nitrogens is 2. The zero-order chi connectivity index (χ0) is 55.4. The van der Waals surface area contributed by atoms with E-state index in [4.69, 9.17) is 9.47 Å². The van der Waals surface area contributed by atoms with Gasteiger partial charge in [0, 0.05) is 62.3 Å². The number of nitrogens with zero attached hydrogens (tertiary/aromatic N) is 4. The maximum absolute atomic E-state index is 14.6. The lowest BCUT2D eigenvalue weighted by atomic mass is 9.95. The highest BCUT2D eigenvalue weighted by Gasteiger charge is 2.38. The molecule has 0 radical (unpaired) electrons. The van der Waals surface area contributed by atoms with Crippen molar-refractivity contribution in [1.29, 1.82) is 0 Å². The van der Waals surface area contributed by atoms with E-state index in [0.29, 0.717) is 49.3 Å². The second-order valence-electron chi connectivity index (χ2n) is 21.5. The van der Waals surface area contributed by atoms with Crippen LogP contribution in [0, 0.1) is 17.8 Å². The molecule has 21 heteroatoms. The van der Waals surface area contributed by atoms with E-state index < -0.39 is 77.9 Å². The summed E-state index contributed by atoms with van der Waals surface area (Å²) in [4.78, 5) is 104. The van der Waals surface area contributed by atoms with Crippen LogP contribution in [-0.2, 0) is 59.3 Å². The van der Waals surface area contributed by atoms with Crippen LogP contribution in [-0.4, -0.2) is 144 Å². The lowest BCUT2D eigenvalue weighted by Crippen LogP contribution is -2.59. The molecule has 3 aromatic heterocycles. The summed E-state index contributed by atoms with van der Waals surface area (Å²) in [6.07, 6.45) is 7.29. The molecule has 5 rings (SSSR count). The Labute approximate surface area is 447 Å². The number of aliphatic hydroxyl groups excluding tert-OH is 1. The van der Waals surface area contributed by atoms with Crippen molar-refractivity contribution in [3.05, 3.63) is 102 Å². The number of hydrogen-bond donors (Lipinski definition) is 9.